The summed E-state index contributed by atoms with van der Waals surface area (Å²) in [5, 5.41) is 7.11. The quantitative estimate of drug-likeness (QED) is 0.152. The van der Waals surface area contributed by atoms with Crippen LogP contribution in [-0.2, 0) is 11.8 Å². The highest BCUT2D eigenvalue weighted by atomic mass is 16.3. The maximum Gasteiger partial charge on any atom is 0.135 e. The van der Waals surface area contributed by atoms with Crippen molar-refractivity contribution in [1.82, 2.24) is 0 Å². The topological polar surface area (TPSA) is 29.5 Å². The Morgan fingerprint density at radius 1 is 0.500 bits per heavy atom. The van der Waals surface area contributed by atoms with Crippen LogP contribution in [0.5, 0.6) is 0 Å². The zero-order chi connectivity index (χ0) is 45.4. The molecule has 8 aromatic carbocycles. The van der Waals surface area contributed by atoms with Gasteiger partial charge < -0.3 is 13.7 Å². The van der Waals surface area contributed by atoms with Gasteiger partial charge in [0.25, 0.3) is 0 Å². The van der Waals surface area contributed by atoms with Gasteiger partial charge in [0.15, 0.2) is 0 Å². The van der Waals surface area contributed by atoms with Crippen molar-refractivity contribution >= 4 is 71.7 Å². The average Bonchev–Trinajstić information content (AvgIpc) is 3.88. The summed E-state index contributed by atoms with van der Waals surface area (Å²) >= 11 is 0. The highest BCUT2D eigenvalue weighted by molar-refractivity contribution is 6.08. The second kappa shape index (κ2) is 15.8. The number of aryl methyl sites for hydroxylation is 1. The first-order valence-electron chi connectivity index (χ1n) is 23.6. The first-order chi connectivity index (χ1) is 31.8. The number of fused-ring (bicyclic) bond motifs is 7. The Hall–Kier alpha value is -7.10. The molecule has 1 atom stereocenters. The molecule has 1 aliphatic rings. The van der Waals surface area contributed by atoms with Crippen LogP contribution in [0.15, 0.2) is 196 Å². The van der Waals surface area contributed by atoms with Crippen LogP contribution in [0.4, 0.5) is 17.1 Å². The molecule has 0 amide bonds. The Bertz CT molecular complexity index is 3530. The maximum absolute atomic E-state index is 6.28. The Kier molecular flexibility index (Phi) is 9.96. The molecule has 0 aliphatic heterocycles. The molecule has 3 heteroatoms. The zero-order valence-electron chi connectivity index (χ0n) is 39.2. The number of furan rings is 2. The summed E-state index contributed by atoms with van der Waals surface area (Å²) in [6.45, 7) is 16.2. The molecule has 0 saturated carbocycles. The molecule has 1 aliphatic carbocycles. The van der Waals surface area contributed by atoms with Gasteiger partial charge in [0.1, 0.15) is 22.3 Å². The van der Waals surface area contributed by atoms with E-state index < -0.39 is 0 Å². The molecule has 1 unspecified atom stereocenters. The Morgan fingerprint density at radius 2 is 1.06 bits per heavy atom. The molecule has 11 rings (SSSR count). The number of nitrogens with zero attached hydrogens (tertiary/aromatic N) is 1. The normalized spacial score (nSPS) is 15.7. The third-order valence-corrected chi connectivity index (χ3v) is 14.2. The minimum Gasteiger partial charge on any atom is -0.456 e. The molecule has 0 saturated heterocycles. The summed E-state index contributed by atoms with van der Waals surface area (Å²) in [5.74, 6) is 0. The van der Waals surface area contributed by atoms with Crippen LogP contribution in [-0.4, -0.2) is 0 Å². The fourth-order valence-electron chi connectivity index (χ4n) is 10.1. The van der Waals surface area contributed by atoms with Crippen molar-refractivity contribution in [3.8, 4) is 22.3 Å². The van der Waals surface area contributed by atoms with E-state index in [-0.39, 0.29) is 16.2 Å². The molecule has 2 heterocycles. The predicted octanol–water partition coefficient (Wildman–Crippen LogP) is 18.6. The molecule has 0 fully saturated rings. The largest absolute Gasteiger partial charge is 0.456 e. The number of rotatable bonds is 8. The van der Waals surface area contributed by atoms with E-state index in [0.717, 1.165) is 85.8 Å². The summed E-state index contributed by atoms with van der Waals surface area (Å²) in [6, 6.07) is 59.8. The first kappa shape index (κ1) is 41.6. The van der Waals surface area contributed by atoms with E-state index in [9.17, 15) is 0 Å². The van der Waals surface area contributed by atoms with E-state index in [4.69, 9.17) is 8.83 Å². The summed E-state index contributed by atoms with van der Waals surface area (Å²) in [5.41, 5.74) is 16.2. The summed E-state index contributed by atoms with van der Waals surface area (Å²) < 4.78 is 12.4. The summed E-state index contributed by atoms with van der Waals surface area (Å²) in [7, 11) is 0. The van der Waals surface area contributed by atoms with Crippen molar-refractivity contribution in [1.29, 1.82) is 0 Å². The molecule has 10 aromatic rings. The van der Waals surface area contributed by atoms with Gasteiger partial charge in [-0.05, 0) is 158 Å². The second-order valence-electron chi connectivity index (χ2n) is 20.9. The summed E-state index contributed by atoms with van der Waals surface area (Å²) in [4.78, 5) is 2.40. The van der Waals surface area contributed by atoms with E-state index in [0.29, 0.717) is 0 Å². The van der Waals surface area contributed by atoms with Gasteiger partial charge in [-0.3, -0.25) is 0 Å². The van der Waals surface area contributed by atoms with E-state index >= 15 is 0 Å². The van der Waals surface area contributed by atoms with Gasteiger partial charge in [0, 0.05) is 38.6 Å². The number of hydrogen-bond donors (Lipinski definition) is 0. The monoisotopic (exact) mass is 859 g/mol. The van der Waals surface area contributed by atoms with Crippen LogP contribution in [0, 0.1) is 10.8 Å². The smallest absolute Gasteiger partial charge is 0.135 e. The minimum atomic E-state index is 0.0500. The number of hydrogen-bond acceptors (Lipinski definition) is 3. The predicted molar refractivity (Wildman–Crippen MR) is 280 cm³/mol. The number of allylic oxidation sites excluding steroid dienone is 4. The van der Waals surface area contributed by atoms with Crippen molar-refractivity contribution in [3.05, 3.63) is 199 Å². The number of benzene rings is 8. The first-order valence-corrected chi connectivity index (χ1v) is 23.6. The molecule has 0 bridgehead atoms. The van der Waals surface area contributed by atoms with Crippen LogP contribution in [0.2, 0.25) is 0 Å². The lowest BCUT2D eigenvalue weighted by molar-refractivity contribution is 0.384. The molecule has 326 valence electrons. The van der Waals surface area contributed by atoms with Crippen LogP contribution in [0.3, 0.4) is 0 Å². The van der Waals surface area contributed by atoms with Gasteiger partial charge in [-0.1, -0.05) is 158 Å². The fraction of sp³-hybridized carbons (Fsp3) is 0.206. The molecular formula is C63H57NO2. The van der Waals surface area contributed by atoms with Crippen molar-refractivity contribution in [2.24, 2.45) is 10.8 Å². The molecule has 3 nitrogen and oxygen atoms in total. The van der Waals surface area contributed by atoms with Crippen LogP contribution in [0.25, 0.3) is 76.9 Å². The molecule has 0 N–H and O–H groups in total. The molecule has 0 radical (unpaired) electrons. The standard InChI is InChI=1S/C63H57NO2/c1-61(2,3)45-21-25-48(26-22-45)64(47-23-16-41(17-24-47)42-19-30-59-55(39-42)53-12-8-10-14-57(53)65-59)49-27-29-51-43(38-49)18-28-50(44-20-31-60-56(40-44)54-13-9-11-15-58(54)66-60)52(51)34-37-63(7)35-32-46(33-36-63)62(4,5)6/h8-33,35,38-40H,34,36-37H2,1-7H3. The SMILES string of the molecule is CC1(CCc2c(-c3ccc4oc5ccccc5c4c3)ccc3cc(N(c4ccc(-c5ccc6oc7ccccc7c6c5)cc4)c4ccc(C(C)(C)C)cc4)ccc23)C=CC(C(C)(C)C)=CC1. The van der Waals surface area contributed by atoms with Crippen molar-refractivity contribution in [2.45, 2.75) is 73.1 Å². The van der Waals surface area contributed by atoms with Crippen LogP contribution >= 0.6 is 0 Å². The van der Waals surface area contributed by atoms with Gasteiger partial charge in [0.05, 0.1) is 0 Å². The third-order valence-electron chi connectivity index (χ3n) is 14.2. The molecular weight excluding hydrogens is 803 g/mol. The summed E-state index contributed by atoms with van der Waals surface area (Å²) in [6.07, 6.45) is 10.4. The second-order valence-corrected chi connectivity index (χ2v) is 20.9. The fourth-order valence-corrected chi connectivity index (χ4v) is 10.1. The van der Waals surface area contributed by atoms with Crippen molar-refractivity contribution in [2.75, 3.05) is 4.90 Å². The molecule has 2 aromatic heterocycles. The Morgan fingerprint density at radius 3 is 1.67 bits per heavy atom. The molecule has 66 heavy (non-hydrogen) atoms. The third kappa shape index (κ3) is 7.61. The lowest BCUT2D eigenvalue weighted by Crippen LogP contribution is -2.19. The van der Waals surface area contributed by atoms with E-state index in [1.807, 2.05) is 18.2 Å². The van der Waals surface area contributed by atoms with E-state index in [1.54, 1.807) is 0 Å². The lowest BCUT2D eigenvalue weighted by atomic mass is 9.73. The lowest BCUT2D eigenvalue weighted by Gasteiger charge is -2.32. The average molecular weight is 860 g/mol. The number of para-hydroxylation sites is 2. The molecule has 0 spiro atoms. The van der Waals surface area contributed by atoms with Gasteiger partial charge in [-0.2, -0.15) is 0 Å². The number of anilines is 3. The Labute approximate surface area is 388 Å². The van der Waals surface area contributed by atoms with Crippen molar-refractivity contribution < 1.29 is 8.83 Å². The van der Waals surface area contributed by atoms with Crippen LogP contribution < -0.4 is 4.90 Å². The van der Waals surface area contributed by atoms with E-state index in [1.165, 1.54) is 44.2 Å². The van der Waals surface area contributed by atoms with Gasteiger partial charge in [-0.15, -0.1) is 0 Å². The Balaban J connectivity index is 1.01. The maximum atomic E-state index is 6.28. The van der Waals surface area contributed by atoms with Gasteiger partial charge >= 0.3 is 0 Å². The van der Waals surface area contributed by atoms with Gasteiger partial charge in [0.2, 0.25) is 0 Å². The highest BCUT2D eigenvalue weighted by Gasteiger charge is 2.27. The zero-order valence-corrected chi connectivity index (χ0v) is 39.2. The van der Waals surface area contributed by atoms with E-state index in [2.05, 4.69) is 217 Å². The van der Waals surface area contributed by atoms with Crippen LogP contribution in [0.1, 0.15) is 72.4 Å². The van der Waals surface area contributed by atoms with Gasteiger partial charge in [-0.25, -0.2) is 0 Å². The van der Waals surface area contributed by atoms with Crippen molar-refractivity contribution in [3.63, 3.8) is 0 Å². The minimum absolute atomic E-state index is 0.0500. The highest BCUT2D eigenvalue weighted by Crippen LogP contribution is 2.44.